The third-order valence-electron chi connectivity index (χ3n) is 13.2. The second kappa shape index (κ2) is 10.7. The van der Waals surface area contributed by atoms with Gasteiger partial charge in [-0.2, -0.15) is 0 Å². The molecular formula is C50H39BO3. The summed E-state index contributed by atoms with van der Waals surface area (Å²) in [6.07, 6.45) is 0. The molecule has 3 aliphatic rings. The lowest BCUT2D eigenvalue weighted by atomic mass is 9.52. The van der Waals surface area contributed by atoms with Crippen molar-refractivity contribution in [1.29, 1.82) is 0 Å². The van der Waals surface area contributed by atoms with Gasteiger partial charge >= 0.3 is 7.48 Å². The summed E-state index contributed by atoms with van der Waals surface area (Å²) in [6, 6.07) is 56.2. The van der Waals surface area contributed by atoms with Gasteiger partial charge in [0.1, 0.15) is 11.2 Å². The summed E-state index contributed by atoms with van der Waals surface area (Å²) >= 11 is 0. The SMILES string of the molecule is CC(C)(O)C(C)(C)OBc1ccc2c(c1)C1(c3ccccc3C3(c4ccccc4-c4ccccc43)c3ccccc31)c1ccc3c(oc4ccccc43)c1-2. The molecule has 11 rings (SSSR count). The number of benzene rings is 7. The smallest absolute Gasteiger partial charge is 0.309 e. The molecule has 54 heavy (non-hydrogen) atoms. The Bertz CT molecular complexity index is 2770. The summed E-state index contributed by atoms with van der Waals surface area (Å²) in [5.74, 6) is 0. The molecule has 0 unspecified atom stereocenters. The van der Waals surface area contributed by atoms with Crippen molar-refractivity contribution in [2.75, 3.05) is 0 Å². The fourth-order valence-electron chi connectivity index (χ4n) is 10.1. The zero-order valence-electron chi connectivity index (χ0n) is 30.9. The van der Waals surface area contributed by atoms with E-state index < -0.39 is 22.0 Å². The third kappa shape index (κ3) is 3.80. The first kappa shape index (κ1) is 31.8. The second-order valence-corrected chi connectivity index (χ2v) is 16.4. The van der Waals surface area contributed by atoms with Crippen LogP contribution in [-0.2, 0) is 15.5 Å². The number of hydrogen-bond acceptors (Lipinski definition) is 3. The Morgan fingerprint density at radius 3 is 1.61 bits per heavy atom. The highest BCUT2D eigenvalue weighted by Crippen LogP contribution is 2.67. The standard InChI is InChI=1S/C50H39BO3/c1-47(2,52)48(3,4)54-51-30-25-26-35-43(29-30)50(42-28-27-34-33-17-7-14-24-44(33)53-46(34)45(35)42)40-22-12-10-20-38(40)49(39-21-11-13-23-41(39)50)36-18-8-5-15-31(36)32-16-6-9-19-37(32)49/h5-29,51-52H,1-4H3. The predicted octanol–water partition coefficient (Wildman–Crippen LogP) is 10.2. The molecule has 3 nitrogen and oxygen atoms in total. The van der Waals surface area contributed by atoms with Crippen LogP contribution in [0.4, 0.5) is 0 Å². The maximum absolute atomic E-state index is 11.0. The highest BCUT2D eigenvalue weighted by molar-refractivity contribution is 6.47. The summed E-state index contributed by atoms with van der Waals surface area (Å²) < 4.78 is 13.4. The highest BCUT2D eigenvalue weighted by Gasteiger charge is 2.59. The van der Waals surface area contributed by atoms with E-state index in [1.165, 1.54) is 61.2 Å². The van der Waals surface area contributed by atoms with Crippen LogP contribution in [0.1, 0.15) is 72.2 Å². The van der Waals surface area contributed by atoms with Gasteiger partial charge in [0.05, 0.1) is 22.0 Å². The fourth-order valence-corrected chi connectivity index (χ4v) is 10.1. The number of para-hydroxylation sites is 1. The Balaban J connectivity index is 1.27. The molecule has 3 aliphatic carbocycles. The van der Waals surface area contributed by atoms with Gasteiger partial charge in [0, 0.05) is 16.3 Å². The van der Waals surface area contributed by atoms with Gasteiger partial charge in [-0.15, -0.1) is 0 Å². The molecule has 2 spiro atoms. The summed E-state index contributed by atoms with van der Waals surface area (Å²) in [5.41, 5.74) is 15.1. The lowest BCUT2D eigenvalue weighted by molar-refractivity contribution is -0.0893. The maximum atomic E-state index is 11.0. The van der Waals surface area contributed by atoms with Gasteiger partial charge in [0.2, 0.25) is 0 Å². The minimum atomic E-state index is -1.02. The van der Waals surface area contributed by atoms with Gasteiger partial charge in [-0.1, -0.05) is 151 Å². The largest absolute Gasteiger partial charge is 0.455 e. The molecule has 4 heteroatoms. The lowest BCUT2D eigenvalue weighted by Crippen LogP contribution is -2.49. The molecule has 0 fully saturated rings. The quantitative estimate of drug-likeness (QED) is 0.186. The lowest BCUT2D eigenvalue weighted by Gasteiger charge is -2.48. The number of furan rings is 1. The van der Waals surface area contributed by atoms with Crippen molar-refractivity contribution in [3.05, 3.63) is 196 Å². The Morgan fingerprint density at radius 2 is 1.02 bits per heavy atom. The van der Waals surface area contributed by atoms with Crippen LogP contribution in [0, 0.1) is 0 Å². The van der Waals surface area contributed by atoms with Crippen LogP contribution >= 0.6 is 0 Å². The number of rotatable bonds is 4. The fraction of sp³-hybridized carbons (Fsp3) is 0.160. The van der Waals surface area contributed by atoms with Crippen molar-refractivity contribution in [3.63, 3.8) is 0 Å². The molecule has 8 aromatic rings. The topological polar surface area (TPSA) is 42.6 Å². The molecule has 7 aromatic carbocycles. The molecular weight excluding hydrogens is 659 g/mol. The van der Waals surface area contributed by atoms with E-state index in [1.54, 1.807) is 0 Å². The van der Waals surface area contributed by atoms with Gasteiger partial charge in [-0.3, -0.25) is 0 Å². The molecule has 0 aliphatic heterocycles. The highest BCUT2D eigenvalue weighted by atomic mass is 16.5. The van der Waals surface area contributed by atoms with Crippen LogP contribution < -0.4 is 5.46 Å². The van der Waals surface area contributed by atoms with Crippen molar-refractivity contribution >= 4 is 34.9 Å². The molecule has 0 saturated heterocycles. The van der Waals surface area contributed by atoms with Crippen LogP contribution in [0.15, 0.2) is 156 Å². The monoisotopic (exact) mass is 698 g/mol. The van der Waals surface area contributed by atoms with Crippen molar-refractivity contribution in [1.82, 2.24) is 0 Å². The minimum absolute atomic E-state index is 0.366. The zero-order chi connectivity index (χ0) is 36.6. The van der Waals surface area contributed by atoms with Gasteiger partial charge in [0.15, 0.2) is 0 Å². The van der Waals surface area contributed by atoms with E-state index >= 15 is 0 Å². The molecule has 0 bridgehead atoms. The number of hydrogen-bond donors (Lipinski definition) is 1. The van der Waals surface area contributed by atoms with Crippen molar-refractivity contribution < 1.29 is 14.2 Å². The van der Waals surface area contributed by atoms with Crippen LogP contribution in [0.3, 0.4) is 0 Å². The first-order valence-electron chi connectivity index (χ1n) is 19.0. The van der Waals surface area contributed by atoms with Crippen LogP contribution in [0.2, 0.25) is 0 Å². The first-order chi connectivity index (χ1) is 26.2. The van der Waals surface area contributed by atoms with E-state index in [0.717, 1.165) is 33.0 Å². The van der Waals surface area contributed by atoms with Gasteiger partial charge in [-0.05, 0) is 95.0 Å². The molecule has 0 saturated carbocycles. The number of fused-ring (bicyclic) bond motifs is 20. The maximum Gasteiger partial charge on any atom is 0.309 e. The van der Waals surface area contributed by atoms with E-state index in [9.17, 15) is 5.11 Å². The van der Waals surface area contributed by atoms with E-state index in [1.807, 2.05) is 33.8 Å². The van der Waals surface area contributed by atoms with Crippen LogP contribution in [-0.4, -0.2) is 23.8 Å². The van der Waals surface area contributed by atoms with Crippen molar-refractivity contribution in [2.24, 2.45) is 0 Å². The Morgan fingerprint density at radius 1 is 0.500 bits per heavy atom. The predicted molar refractivity (Wildman–Crippen MR) is 220 cm³/mol. The first-order valence-corrected chi connectivity index (χ1v) is 19.0. The molecule has 0 amide bonds. The summed E-state index contributed by atoms with van der Waals surface area (Å²) in [5, 5.41) is 13.2. The Kier molecular flexibility index (Phi) is 6.32. The van der Waals surface area contributed by atoms with Gasteiger partial charge in [0.25, 0.3) is 0 Å². The molecule has 260 valence electrons. The minimum Gasteiger partial charge on any atom is -0.455 e. The van der Waals surface area contributed by atoms with Crippen LogP contribution in [0.5, 0.6) is 0 Å². The Hall–Kier alpha value is -5.68. The van der Waals surface area contributed by atoms with Gasteiger partial charge < -0.3 is 14.2 Å². The molecule has 0 radical (unpaired) electrons. The Labute approximate surface area is 316 Å². The van der Waals surface area contributed by atoms with E-state index in [2.05, 4.69) is 146 Å². The van der Waals surface area contributed by atoms with Crippen molar-refractivity contribution in [3.8, 4) is 22.3 Å². The van der Waals surface area contributed by atoms with Crippen molar-refractivity contribution in [2.45, 2.75) is 49.7 Å². The zero-order valence-corrected chi connectivity index (χ0v) is 30.9. The normalized spacial score (nSPS) is 15.5. The second-order valence-electron chi connectivity index (χ2n) is 16.4. The molecule has 1 N–H and O–H groups in total. The average Bonchev–Trinajstić information content (AvgIpc) is 3.81. The summed E-state index contributed by atoms with van der Waals surface area (Å²) in [7, 11) is 0.366. The van der Waals surface area contributed by atoms with E-state index in [4.69, 9.17) is 9.07 Å². The van der Waals surface area contributed by atoms with Crippen LogP contribution in [0.25, 0.3) is 44.2 Å². The average molecular weight is 699 g/mol. The van der Waals surface area contributed by atoms with E-state index in [0.29, 0.717) is 7.48 Å². The summed E-state index contributed by atoms with van der Waals surface area (Å²) in [6.45, 7) is 7.54. The van der Waals surface area contributed by atoms with Gasteiger partial charge in [-0.25, -0.2) is 0 Å². The third-order valence-corrected chi connectivity index (χ3v) is 13.2. The molecule has 1 aromatic heterocycles. The van der Waals surface area contributed by atoms with E-state index in [-0.39, 0.29) is 0 Å². The summed E-state index contributed by atoms with van der Waals surface area (Å²) in [4.78, 5) is 0. The number of aliphatic hydroxyl groups is 1. The molecule has 0 atom stereocenters. The molecule has 1 heterocycles.